The summed E-state index contributed by atoms with van der Waals surface area (Å²) < 4.78 is 0. The number of carbonyl (C=O) groups excluding carboxylic acids is 2. The summed E-state index contributed by atoms with van der Waals surface area (Å²) in [6.45, 7) is 4.82. The van der Waals surface area contributed by atoms with Crippen molar-refractivity contribution in [3.63, 3.8) is 0 Å². The highest BCUT2D eigenvalue weighted by Crippen LogP contribution is 2.37. The number of nitrogens with one attached hydrogen (secondary N) is 1. The van der Waals surface area contributed by atoms with Gasteiger partial charge in [0.25, 0.3) is 0 Å². The van der Waals surface area contributed by atoms with Crippen LogP contribution in [0.5, 0.6) is 0 Å². The Balaban J connectivity index is 1.89. The molecule has 0 saturated carbocycles. The van der Waals surface area contributed by atoms with Crippen molar-refractivity contribution in [2.24, 2.45) is 0 Å². The van der Waals surface area contributed by atoms with Crippen LogP contribution in [0.25, 0.3) is 0 Å². The maximum absolute atomic E-state index is 12.9. The minimum atomic E-state index is -0.747. The van der Waals surface area contributed by atoms with Crippen molar-refractivity contribution in [1.29, 1.82) is 0 Å². The Kier molecular flexibility index (Phi) is 3.32. The van der Waals surface area contributed by atoms with E-state index in [1.54, 1.807) is 16.2 Å². The number of piperazine rings is 1. The van der Waals surface area contributed by atoms with Gasteiger partial charge in [-0.3, -0.25) is 9.59 Å². The number of nitrogens with zero attached hydrogens (tertiary/aromatic N) is 1. The Morgan fingerprint density at radius 3 is 3.10 bits per heavy atom. The topological polar surface area (TPSA) is 49.4 Å². The molecule has 1 aliphatic carbocycles. The molecule has 2 amide bonds. The van der Waals surface area contributed by atoms with Crippen molar-refractivity contribution in [2.75, 3.05) is 13.1 Å². The van der Waals surface area contributed by atoms with E-state index in [2.05, 4.69) is 16.8 Å². The van der Waals surface area contributed by atoms with Crippen molar-refractivity contribution in [2.45, 2.75) is 44.6 Å². The van der Waals surface area contributed by atoms with Gasteiger partial charge in [0.05, 0.1) is 5.92 Å². The average molecular weight is 292 g/mol. The molecule has 0 radical (unpaired) electrons. The molecule has 0 spiro atoms. The van der Waals surface area contributed by atoms with Crippen LogP contribution in [0.4, 0.5) is 0 Å². The molecule has 1 aromatic rings. The zero-order valence-corrected chi connectivity index (χ0v) is 12.8. The Hall–Kier alpha value is -1.36. The summed E-state index contributed by atoms with van der Waals surface area (Å²) in [6, 6.07) is 2.08. The van der Waals surface area contributed by atoms with Crippen LogP contribution in [0.1, 0.15) is 43.0 Å². The second kappa shape index (κ2) is 4.88. The van der Waals surface area contributed by atoms with E-state index in [0.29, 0.717) is 13.1 Å². The van der Waals surface area contributed by atoms with Gasteiger partial charge >= 0.3 is 0 Å². The summed E-state index contributed by atoms with van der Waals surface area (Å²) in [6.07, 6.45) is 3.04. The molecule has 1 fully saturated rings. The number of hydrogen-bond donors (Lipinski definition) is 1. The molecular formula is C15H20N2O2S. The Morgan fingerprint density at radius 1 is 1.50 bits per heavy atom. The maximum Gasteiger partial charge on any atom is 0.245 e. The second-order valence-electron chi connectivity index (χ2n) is 6.05. The predicted molar refractivity (Wildman–Crippen MR) is 78.8 cm³/mol. The fourth-order valence-electron chi connectivity index (χ4n) is 3.22. The van der Waals surface area contributed by atoms with Crippen LogP contribution in [0.15, 0.2) is 11.4 Å². The third kappa shape index (κ3) is 2.04. The summed E-state index contributed by atoms with van der Waals surface area (Å²) in [7, 11) is 0. The number of rotatable bonds is 1. The molecule has 1 aromatic heterocycles. The van der Waals surface area contributed by atoms with Gasteiger partial charge < -0.3 is 10.2 Å². The molecule has 1 atom stereocenters. The first-order valence-electron chi connectivity index (χ1n) is 7.18. The Morgan fingerprint density at radius 2 is 2.30 bits per heavy atom. The highest BCUT2D eigenvalue weighted by molar-refractivity contribution is 7.10. The molecule has 1 unspecified atom stereocenters. The van der Waals surface area contributed by atoms with E-state index < -0.39 is 5.54 Å². The van der Waals surface area contributed by atoms with E-state index in [0.717, 1.165) is 19.3 Å². The van der Waals surface area contributed by atoms with Crippen molar-refractivity contribution >= 4 is 23.2 Å². The third-order valence-corrected chi connectivity index (χ3v) is 5.46. The van der Waals surface area contributed by atoms with Crippen molar-refractivity contribution in [3.8, 4) is 0 Å². The van der Waals surface area contributed by atoms with Crippen molar-refractivity contribution in [1.82, 2.24) is 10.2 Å². The monoisotopic (exact) mass is 292 g/mol. The summed E-state index contributed by atoms with van der Waals surface area (Å²) >= 11 is 1.74. The molecule has 1 aliphatic heterocycles. The number of carbonyl (C=O) groups is 2. The van der Waals surface area contributed by atoms with Crippen molar-refractivity contribution < 1.29 is 9.59 Å². The third-order valence-electron chi connectivity index (χ3n) is 4.47. The lowest BCUT2D eigenvalue weighted by Crippen LogP contribution is -2.64. The van der Waals surface area contributed by atoms with Gasteiger partial charge in [-0.1, -0.05) is 0 Å². The quantitative estimate of drug-likeness (QED) is 0.859. The van der Waals surface area contributed by atoms with E-state index in [4.69, 9.17) is 0 Å². The van der Waals surface area contributed by atoms with Crippen LogP contribution in [-0.2, 0) is 16.0 Å². The van der Waals surface area contributed by atoms with Crippen LogP contribution in [0.3, 0.4) is 0 Å². The molecule has 4 nitrogen and oxygen atoms in total. The first-order chi connectivity index (χ1) is 9.51. The SMILES string of the molecule is CC1(C)C(=O)NCCN1C(=O)C1CCCc2sccc21. The lowest BCUT2D eigenvalue weighted by atomic mass is 9.85. The summed E-state index contributed by atoms with van der Waals surface area (Å²) in [5.41, 5.74) is 0.441. The molecule has 108 valence electrons. The molecule has 5 heteroatoms. The molecule has 2 aliphatic rings. The molecule has 0 aromatic carbocycles. The summed E-state index contributed by atoms with van der Waals surface area (Å²) in [5.74, 6) is -0.00201. The van der Waals surface area contributed by atoms with Crippen LogP contribution >= 0.6 is 11.3 Å². The van der Waals surface area contributed by atoms with Gasteiger partial charge in [-0.25, -0.2) is 0 Å². The van der Waals surface area contributed by atoms with Gasteiger partial charge in [-0.05, 0) is 50.1 Å². The fourth-order valence-corrected chi connectivity index (χ4v) is 4.20. The molecule has 20 heavy (non-hydrogen) atoms. The molecule has 2 heterocycles. The number of aryl methyl sites for hydroxylation is 1. The highest BCUT2D eigenvalue weighted by atomic mass is 32.1. The van der Waals surface area contributed by atoms with Gasteiger partial charge in [0.2, 0.25) is 11.8 Å². The Labute approximate surface area is 123 Å². The largest absolute Gasteiger partial charge is 0.352 e. The average Bonchev–Trinajstić information content (AvgIpc) is 2.89. The number of thiophene rings is 1. The van der Waals surface area contributed by atoms with E-state index in [9.17, 15) is 9.59 Å². The lowest BCUT2D eigenvalue weighted by Gasteiger charge is -2.43. The zero-order valence-electron chi connectivity index (χ0n) is 11.9. The zero-order chi connectivity index (χ0) is 14.3. The fraction of sp³-hybridized carbons (Fsp3) is 0.600. The smallest absolute Gasteiger partial charge is 0.245 e. The van der Waals surface area contributed by atoms with Gasteiger partial charge in [0.15, 0.2) is 0 Å². The second-order valence-corrected chi connectivity index (χ2v) is 7.05. The highest BCUT2D eigenvalue weighted by Gasteiger charge is 2.43. The summed E-state index contributed by atoms with van der Waals surface area (Å²) in [5, 5.41) is 4.92. The molecule has 1 N–H and O–H groups in total. The van der Waals surface area contributed by atoms with E-state index >= 15 is 0 Å². The summed E-state index contributed by atoms with van der Waals surface area (Å²) in [4.78, 5) is 28.0. The molecular weight excluding hydrogens is 272 g/mol. The van der Waals surface area contributed by atoms with Gasteiger partial charge in [-0.2, -0.15) is 0 Å². The standard InChI is InChI=1S/C15H20N2O2S/c1-15(2)14(19)16-7-8-17(15)13(18)11-4-3-5-12-10(11)6-9-20-12/h6,9,11H,3-5,7-8H2,1-2H3,(H,16,19). The van der Waals surface area contributed by atoms with Crippen molar-refractivity contribution in [3.05, 3.63) is 21.9 Å². The van der Waals surface area contributed by atoms with E-state index in [1.807, 2.05) is 13.8 Å². The lowest BCUT2D eigenvalue weighted by molar-refractivity contribution is -0.150. The first-order valence-corrected chi connectivity index (χ1v) is 8.06. The molecule has 1 saturated heterocycles. The molecule has 3 rings (SSSR count). The number of hydrogen-bond acceptors (Lipinski definition) is 3. The Bertz CT molecular complexity index is 550. The van der Waals surface area contributed by atoms with E-state index in [-0.39, 0.29) is 17.7 Å². The van der Waals surface area contributed by atoms with Crippen LogP contribution < -0.4 is 5.32 Å². The van der Waals surface area contributed by atoms with Crippen LogP contribution in [0.2, 0.25) is 0 Å². The van der Waals surface area contributed by atoms with Crippen LogP contribution in [0, 0.1) is 0 Å². The maximum atomic E-state index is 12.9. The number of amides is 2. The minimum absolute atomic E-state index is 0.0570. The molecule has 0 bridgehead atoms. The normalized spacial score (nSPS) is 25.0. The van der Waals surface area contributed by atoms with Gasteiger partial charge in [-0.15, -0.1) is 11.3 Å². The predicted octanol–water partition coefficient (Wildman–Crippen LogP) is 1.90. The van der Waals surface area contributed by atoms with Crippen LogP contribution in [-0.4, -0.2) is 35.3 Å². The van der Waals surface area contributed by atoms with Gasteiger partial charge in [0.1, 0.15) is 5.54 Å². The number of fused-ring (bicyclic) bond motifs is 1. The first kappa shape index (κ1) is 13.6. The van der Waals surface area contributed by atoms with E-state index in [1.165, 1.54) is 10.4 Å². The minimum Gasteiger partial charge on any atom is -0.352 e. The van der Waals surface area contributed by atoms with Gasteiger partial charge in [0, 0.05) is 18.0 Å².